The lowest BCUT2D eigenvalue weighted by molar-refractivity contribution is -0.123. The second kappa shape index (κ2) is 9.51. The zero-order valence-corrected chi connectivity index (χ0v) is 14.8. The Balaban J connectivity index is 1.85. The lowest BCUT2D eigenvalue weighted by atomic mass is 10.1. The monoisotopic (exact) mass is 379 g/mol. The summed E-state index contributed by atoms with van der Waals surface area (Å²) < 4.78 is 38.6. The summed E-state index contributed by atoms with van der Waals surface area (Å²) in [6.45, 7) is -1.12. The highest BCUT2D eigenvalue weighted by atomic mass is 19.3. The Kier molecular flexibility index (Phi) is 7.10. The maximum atomic E-state index is 12.1. The Morgan fingerprint density at radius 3 is 2.44 bits per heavy atom. The summed E-state index contributed by atoms with van der Waals surface area (Å²) in [5.41, 5.74) is 1.81. The van der Waals surface area contributed by atoms with Crippen LogP contribution in [0.1, 0.15) is 21.5 Å². The molecule has 0 saturated heterocycles. The highest BCUT2D eigenvalue weighted by Gasteiger charge is 2.10. The number of alkyl halides is 2. The van der Waals surface area contributed by atoms with E-state index in [1.54, 1.807) is 31.2 Å². The van der Waals surface area contributed by atoms with Crippen LogP contribution in [0, 0.1) is 6.92 Å². The molecule has 2 aromatic rings. The number of hydrogen-bond donors (Lipinski definition) is 1. The van der Waals surface area contributed by atoms with E-state index in [0.29, 0.717) is 16.9 Å². The number of carbonyl (C=O) groups is 2. The molecule has 0 heterocycles. The van der Waals surface area contributed by atoms with Crippen LogP contribution in [0.15, 0.2) is 42.5 Å². The third kappa shape index (κ3) is 6.25. The molecule has 144 valence electrons. The number of rotatable bonds is 8. The molecule has 0 aliphatic carbocycles. The number of methoxy groups -OCH3 is 1. The molecular weight excluding hydrogens is 360 g/mol. The van der Waals surface area contributed by atoms with Crippen LogP contribution in [-0.4, -0.2) is 32.2 Å². The zero-order chi connectivity index (χ0) is 19.8. The van der Waals surface area contributed by atoms with E-state index in [9.17, 15) is 18.4 Å². The number of hydrogen-bond acceptors (Lipinski definition) is 5. The van der Waals surface area contributed by atoms with Gasteiger partial charge in [-0.15, -0.1) is 0 Å². The first-order chi connectivity index (χ1) is 12.9. The van der Waals surface area contributed by atoms with Crippen molar-refractivity contribution in [3.63, 3.8) is 0 Å². The zero-order valence-electron chi connectivity index (χ0n) is 14.8. The molecule has 0 aliphatic heterocycles. The van der Waals surface area contributed by atoms with Crippen LogP contribution >= 0.6 is 0 Å². The van der Waals surface area contributed by atoms with Crippen molar-refractivity contribution in [2.75, 3.05) is 13.7 Å². The number of benzene rings is 2. The Labute approximate surface area is 155 Å². The van der Waals surface area contributed by atoms with Crippen molar-refractivity contribution in [2.24, 2.45) is 0 Å². The molecule has 8 heteroatoms. The molecular formula is C19H19F2NO5. The van der Waals surface area contributed by atoms with Gasteiger partial charge in [0.2, 0.25) is 0 Å². The minimum Gasteiger partial charge on any atom is -0.483 e. The van der Waals surface area contributed by atoms with Gasteiger partial charge in [-0.25, -0.2) is 4.79 Å². The van der Waals surface area contributed by atoms with E-state index in [1.807, 2.05) is 0 Å². The van der Waals surface area contributed by atoms with Crippen LogP contribution in [0.2, 0.25) is 0 Å². The number of carbonyl (C=O) groups excluding carboxylic acids is 2. The van der Waals surface area contributed by atoms with Gasteiger partial charge in [0, 0.05) is 6.54 Å². The molecule has 0 radical (unpaired) electrons. The minimum absolute atomic E-state index is 0.0457. The number of esters is 1. The standard InChI is InChI=1S/C19H19F2NO5/c1-12-3-6-14(18(24)25-2)9-16(12)26-11-17(23)22-10-13-4-7-15(8-5-13)27-19(20)21/h3-9,19H,10-11H2,1-2H3,(H,22,23). The van der Waals surface area contributed by atoms with E-state index in [0.717, 1.165) is 5.56 Å². The lowest BCUT2D eigenvalue weighted by Gasteiger charge is -2.11. The number of aryl methyl sites for hydroxylation is 1. The molecule has 0 saturated carbocycles. The van der Waals surface area contributed by atoms with Crippen LogP contribution in [-0.2, 0) is 16.1 Å². The van der Waals surface area contributed by atoms with Gasteiger partial charge in [0.25, 0.3) is 5.91 Å². The van der Waals surface area contributed by atoms with Gasteiger partial charge in [-0.3, -0.25) is 4.79 Å². The Morgan fingerprint density at radius 1 is 1.11 bits per heavy atom. The Morgan fingerprint density at radius 2 is 1.81 bits per heavy atom. The number of amides is 1. The molecule has 0 bridgehead atoms. The molecule has 0 aromatic heterocycles. The average molecular weight is 379 g/mol. The molecule has 0 fully saturated rings. The van der Waals surface area contributed by atoms with E-state index >= 15 is 0 Å². The second-order valence-electron chi connectivity index (χ2n) is 5.56. The maximum Gasteiger partial charge on any atom is 0.387 e. The van der Waals surface area contributed by atoms with Gasteiger partial charge in [0.15, 0.2) is 6.61 Å². The second-order valence-corrected chi connectivity index (χ2v) is 5.56. The van der Waals surface area contributed by atoms with Gasteiger partial charge in [0.1, 0.15) is 11.5 Å². The van der Waals surface area contributed by atoms with Crippen LogP contribution in [0.5, 0.6) is 11.5 Å². The fourth-order valence-corrected chi connectivity index (χ4v) is 2.18. The quantitative estimate of drug-likeness (QED) is 0.714. The van der Waals surface area contributed by atoms with E-state index in [4.69, 9.17) is 4.74 Å². The Bertz CT molecular complexity index is 793. The molecule has 2 aromatic carbocycles. The van der Waals surface area contributed by atoms with Crippen molar-refractivity contribution in [3.05, 3.63) is 59.2 Å². The largest absolute Gasteiger partial charge is 0.483 e. The van der Waals surface area contributed by atoms with Gasteiger partial charge in [-0.1, -0.05) is 18.2 Å². The highest BCUT2D eigenvalue weighted by Crippen LogP contribution is 2.20. The first-order valence-electron chi connectivity index (χ1n) is 8.01. The van der Waals surface area contributed by atoms with E-state index in [1.165, 1.54) is 25.3 Å². The van der Waals surface area contributed by atoms with Gasteiger partial charge in [0.05, 0.1) is 12.7 Å². The predicted molar refractivity (Wildman–Crippen MR) is 92.9 cm³/mol. The fraction of sp³-hybridized carbons (Fsp3) is 0.263. The topological polar surface area (TPSA) is 73.9 Å². The summed E-state index contributed by atoms with van der Waals surface area (Å²) in [7, 11) is 1.28. The molecule has 0 spiro atoms. The van der Waals surface area contributed by atoms with Gasteiger partial charge in [-0.05, 0) is 42.3 Å². The Hall–Kier alpha value is -3.16. The molecule has 2 rings (SSSR count). The first kappa shape index (κ1) is 20.2. The van der Waals surface area contributed by atoms with Crippen LogP contribution in [0.3, 0.4) is 0 Å². The number of ether oxygens (including phenoxy) is 3. The van der Waals surface area contributed by atoms with Gasteiger partial charge >= 0.3 is 12.6 Å². The predicted octanol–water partition coefficient (Wildman–Crippen LogP) is 3.08. The third-order valence-corrected chi connectivity index (χ3v) is 3.61. The molecule has 0 unspecified atom stereocenters. The van der Waals surface area contributed by atoms with Crippen molar-refractivity contribution in [3.8, 4) is 11.5 Å². The summed E-state index contributed by atoms with van der Waals surface area (Å²) in [4.78, 5) is 23.5. The van der Waals surface area contributed by atoms with E-state index in [-0.39, 0.29) is 24.8 Å². The van der Waals surface area contributed by atoms with E-state index in [2.05, 4.69) is 14.8 Å². The maximum absolute atomic E-state index is 12.1. The number of halogens is 2. The van der Waals surface area contributed by atoms with Crippen molar-refractivity contribution in [1.29, 1.82) is 0 Å². The van der Waals surface area contributed by atoms with Crippen molar-refractivity contribution in [1.82, 2.24) is 5.32 Å². The number of nitrogens with one attached hydrogen (secondary N) is 1. The molecule has 27 heavy (non-hydrogen) atoms. The summed E-state index contributed by atoms with van der Waals surface area (Å²) >= 11 is 0. The SMILES string of the molecule is COC(=O)c1ccc(C)c(OCC(=O)NCc2ccc(OC(F)F)cc2)c1. The smallest absolute Gasteiger partial charge is 0.387 e. The molecule has 0 atom stereocenters. The summed E-state index contributed by atoms with van der Waals surface area (Å²) in [6, 6.07) is 10.7. The van der Waals surface area contributed by atoms with Crippen molar-refractivity contribution >= 4 is 11.9 Å². The molecule has 6 nitrogen and oxygen atoms in total. The summed E-state index contributed by atoms with van der Waals surface area (Å²) in [5.74, 6) is -0.416. The van der Waals surface area contributed by atoms with Gasteiger partial charge in [-0.2, -0.15) is 8.78 Å². The highest BCUT2D eigenvalue weighted by molar-refractivity contribution is 5.90. The molecule has 1 N–H and O–H groups in total. The molecule has 1 amide bonds. The van der Waals surface area contributed by atoms with Crippen LogP contribution in [0.25, 0.3) is 0 Å². The summed E-state index contributed by atoms with van der Waals surface area (Å²) in [6.07, 6.45) is 0. The fourth-order valence-electron chi connectivity index (χ4n) is 2.18. The first-order valence-corrected chi connectivity index (χ1v) is 8.01. The van der Waals surface area contributed by atoms with Crippen molar-refractivity contribution in [2.45, 2.75) is 20.1 Å². The van der Waals surface area contributed by atoms with Crippen LogP contribution in [0.4, 0.5) is 8.78 Å². The molecule has 0 aliphatic rings. The van der Waals surface area contributed by atoms with Crippen LogP contribution < -0.4 is 14.8 Å². The average Bonchev–Trinajstić information content (AvgIpc) is 2.65. The summed E-state index contributed by atoms with van der Waals surface area (Å²) in [5, 5.41) is 2.65. The van der Waals surface area contributed by atoms with Crippen molar-refractivity contribution < 1.29 is 32.6 Å². The normalized spacial score (nSPS) is 10.4. The van der Waals surface area contributed by atoms with E-state index < -0.39 is 12.6 Å². The minimum atomic E-state index is -2.88. The third-order valence-electron chi connectivity index (χ3n) is 3.61. The lowest BCUT2D eigenvalue weighted by Crippen LogP contribution is -2.28. The van der Waals surface area contributed by atoms with Gasteiger partial charge < -0.3 is 19.5 Å².